The highest BCUT2D eigenvalue weighted by atomic mass is 79.9. The summed E-state index contributed by atoms with van der Waals surface area (Å²) in [5.74, 6) is 0.0257. The Morgan fingerprint density at radius 2 is 2.08 bits per heavy atom. The summed E-state index contributed by atoms with van der Waals surface area (Å²) < 4.78 is 3.02. The number of aromatic nitrogens is 2. The van der Waals surface area contributed by atoms with Gasteiger partial charge < -0.3 is 14.9 Å². The number of hydrogen-bond donors (Lipinski definition) is 2. The monoisotopic (exact) mass is 409 g/mol. The van der Waals surface area contributed by atoms with E-state index in [-0.39, 0.29) is 11.9 Å². The van der Waals surface area contributed by atoms with Crippen molar-refractivity contribution in [1.82, 2.24) is 14.9 Å². The van der Waals surface area contributed by atoms with Gasteiger partial charge in [0.2, 0.25) is 5.91 Å². The predicted molar refractivity (Wildman–Crippen MR) is 109 cm³/mol. The van der Waals surface area contributed by atoms with E-state index < -0.39 is 0 Å². The molecular formula is C21H20BrN3O. The van der Waals surface area contributed by atoms with Gasteiger partial charge in [-0.15, -0.1) is 0 Å². The van der Waals surface area contributed by atoms with Gasteiger partial charge in [-0.1, -0.05) is 34.1 Å². The van der Waals surface area contributed by atoms with E-state index in [0.29, 0.717) is 6.54 Å². The number of H-pyrrole nitrogens is 1. The number of carbonyl (C=O) groups is 1. The Bertz CT molecular complexity index is 1080. The number of nitrogens with one attached hydrogen (secondary N) is 2. The average Bonchev–Trinajstić information content (AvgIpc) is 3.19. The Balaban J connectivity index is 1.42. The van der Waals surface area contributed by atoms with Gasteiger partial charge in [-0.05, 0) is 49.2 Å². The molecule has 2 aromatic carbocycles. The maximum atomic E-state index is 12.5. The van der Waals surface area contributed by atoms with E-state index in [1.165, 1.54) is 10.9 Å². The first-order chi connectivity index (χ1) is 12.6. The second kappa shape index (κ2) is 7.00. The maximum absolute atomic E-state index is 12.5. The van der Waals surface area contributed by atoms with E-state index in [2.05, 4.69) is 44.4 Å². The minimum Gasteiger partial charge on any atom is -0.361 e. The number of fused-ring (bicyclic) bond motifs is 2. The number of aromatic amines is 1. The van der Waals surface area contributed by atoms with Crippen molar-refractivity contribution in [3.8, 4) is 0 Å². The second-order valence-electron chi connectivity index (χ2n) is 6.68. The second-order valence-corrected chi connectivity index (χ2v) is 7.59. The van der Waals surface area contributed by atoms with Crippen LogP contribution in [0.3, 0.4) is 0 Å². The molecule has 0 aliphatic heterocycles. The Labute approximate surface area is 160 Å². The zero-order valence-electron chi connectivity index (χ0n) is 14.5. The van der Waals surface area contributed by atoms with Crippen LogP contribution in [-0.2, 0) is 17.8 Å². The van der Waals surface area contributed by atoms with Crippen LogP contribution >= 0.6 is 15.9 Å². The molecule has 4 rings (SSSR count). The number of nitrogens with zero attached hydrogens (tertiary/aromatic N) is 1. The van der Waals surface area contributed by atoms with Gasteiger partial charge in [-0.2, -0.15) is 0 Å². The summed E-state index contributed by atoms with van der Waals surface area (Å²) in [5.41, 5.74) is 3.42. The summed E-state index contributed by atoms with van der Waals surface area (Å²) in [6.07, 6.45) is 4.79. The molecule has 0 aliphatic carbocycles. The number of hydrogen-bond acceptors (Lipinski definition) is 1. The van der Waals surface area contributed by atoms with Crippen molar-refractivity contribution in [2.24, 2.45) is 0 Å². The van der Waals surface area contributed by atoms with Crippen molar-refractivity contribution in [3.05, 3.63) is 71.0 Å². The third-order valence-electron chi connectivity index (χ3n) is 4.66. The van der Waals surface area contributed by atoms with E-state index in [4.69, 9.17) is 0 Å². The van der Waals surface area contributed by atoms with Gasteiger partial charge in [0, 0.05) is 44.7 Å². The molecule has 0 fully saturated rings. The zero-order valence-corrected chi connectivity index (χ0v) is 16.1. The fourth-order valence-electron chi connectivity index (χ4n) is 3.47. The molecule has 2 N–H and O–H groups in total. The van der Waals surface area contributed by atoms with Crippen LogP contribution in [-0.4, -0.2) is 21.5 Å². The molecule has 0 radical (unpaired) electrons. The molecule has 0 spiro atoms. The summed E-state index contributed by atoms with van der Waals surface area (Å²) >= 11 is 3.48. The van der Waals surface area contributed by atoms with Gasteiger partial charge in [0.05, 0.1) is 0 Å². The minimum atomic E-state index is 0.0257. The number of halogens is 1. The summed E-state index contributed by atoms with van der Waals surface area (Å²) in [5, 5.41) is 5.46. The van der Waals surface area contributed by atoms with E-state index in [9.17, 15) is 4.79 Å². The summed E-state index contributed by atoms with van der Waals surface area (Å²) in [4.78, 5) is 15.8. The summed E-state index contributed by atoms with van der Waals surface area (Å²) in [6, 6.07) is 16.4. The van der Waals surface area contributed by atoms with Crippen molar-refractivity contribution in [3.63, 3.8) is 0 Å². The Kier molecular flexibility index (Phi) is 4.55. The quantitative estimate of drug-likeness (QED) is 0.495. The molecular weight excluding hydrogens is 390 g/mol. The van der Waals surface area contributed by atoms with Crippen LogP contribution in [0.5, 0.6) is 0 Å². The van der Waals surface area contributed by atoms with Gasteiger partial charge in [-0.3, -0.25) is 4.79 Å². The molecule has 1 amide bonds. The molecule has 1 atom stereocenters. The van der Waals surface area contributed by atoms with Gasteiger partial charge >= 0.3 is 0 Å². The topological polar surface area (TPSA) is 49.8 Å². The fraction of sp³-hybridized carbons (Fsp3) is 0.190. The molecule has 0 aliphatic rings. The van der Waals surface area contributed by atoms with Crippen LogP contribution in [0.1, 0.15) is 12.5 Å². The molecule has 1 unspecified atom stereocenters. The molecule has 132 valence electrons. The fourth-order valence-corrected chi connectivity index (χ4v) is 3.84. The third-order valence-corrected chi connectivity index (χ3v) is 5.15. The summed E-state index contributed by atoms with van der Waals surface area (Å²) in [6.45, 7) is 2.37. The molecule has 5 heteroatoms. The van der Waals surface area contributed by atoms with E-state index in [1.54, 1.807) is 0 Å². The number of para-hydroxylation sites is 1. The maximum Gasteiger partial charge on any atom is 0.240 e. The Hall–Kier alpha value is -2.53. The first kappa shape index (κ1) is 16.9. The largest absolute Gasteiger partial charge is 0.361 e. The minimum absolute atomic E-state index is 0.0257. The van der Waals surface area contributed by atoms with Gasteiger partial charge in [0.15, 0.2) is 0 Å². The average molecular weight is 410 g/mol. The molecule has 26 heavy (non-hydrogen) atoms. The van der Waals surface area contributed by atoms with E-state index in [1.807, 2.05) is 54.2 Å². The van der Waals surface area contributed by atoms with E-state index >= 15 is 0 Å². The van der Waals surface area contributed by atoms with Crippen LogP contribution in [0.15, 0.2) is 65.4 Å². The van der Waals surface area contributed by atoms with Crippen molar-refractivity contribution in [2.45, 2.75) is 25.9 Å². The number of benzene rings is 2. The Morgan fingerprint density at radius 3 is 2.96 bits per heavy atom. The third kappa shape index (κ3) is 3.40. The number of carbonyl (C=O) groups excluding carboxylic acids is 1. The first-order valence-corrected chi connectivity index (χ1v) is 9.48. The standard InChI is InChI=1S/C21H20BrN3O/c1-14(10-16-12-23-19-5-3-2-4-18(16)19)24-21(26)13-25-9-8-15-11-17(22)6-7-20(15)25/h2-9,11-12,14,23H,10,13H2,1H3,(H,24,26). The molecule has 2 heterocycles. The van der Waals surface area contributed by atoms with Crippen LogP contribution < -0.4 is 5.32 Å². The van der Waals surface area contributed by atoms with Crippen LogP contribution in [0, 0.1) is 0 Å². The highest BCUT2D eigenvalue weighted by molar-refractivity contribution is 9.10. The smallest absolute Gasteiger partial charge is 0.240 e. The lowest BCUT2D eigenvalue weighted by atomic mass is 10.1. The molecule has 4 aromatic rings. The van der Waals surface area contributed by atoms with Gasteiger partial charge in [-0.25, -0.2) is 0 Å². The van der Waals surface area contributed by atoms with E-state index in [0.717, 1.165) is 27.3 Å². The van der Waals surface area contributed by atoms with Gasteiger partial charge in [0.25, 0.3) is 0 Å². The molecule has 0 saturated carbocycles. The number of rotatable bonds is 5. The molecule has 0 bridgehead atoms. The van der Waals surface area contributed by atoms with Crippen molar-refractivity contribution in [1.29, 1.82) is 0 Å². The summed E-state index contributed by atoms with van der Waals surface area (Å²) in [7, 11) is 0. The molecule has 2 aromatic heterocycles. The van der Waals surface area contributed by atoms with Crippen molar-refractivity contribution < 1.29 is 4.79 Å². The Morgan fingerprint density at radius 1 is 1.23 bits per heavy atom. The van der Waals surface area contributed by atoms with Crippen LogP contribution in [0.4, 0.5) is 0 Å². The number of amides is 1. The SMILES string of the molecule is CC(Cc1c[nH]c2ccccc12)NC(=O)Cn1ccc2cc(Br)ccc21. The first-order valence-electron chi connectivity index (χ1n) is 8.69. The zero-order chi connectivity index (χ0) is 18.1. The van der Waals surface area contributed by atoms with Crippen LogP contribution in [0.2, 0.25) is 0 Å². The highest BCUT2D eigenvalue weighted by Crippen LogP contribution is 2.21. The highest BCUT2D eigenvalue weighted by Gasteiger charge is 2.12. The molecule has 4 nitrogen and oxygen atoms in total. The molecule has 0 saturated heterocycles. The van der Waals surface area contributed by atoms with Crippen LogP contribution in [0.25, 0.3) is 21.8 Å². The lowest BCUT2D eigenvalue weighted by Gasteiger charge is -2.14. The van der Waals surface area contributed by atoms with Crippen molar-refractivity contribution in [2.75, 3.05) is 0 Å². The normalized spacial score (nSPS) is 12.5. The van der Waals surface area contributed by atoms with Crippen molar-refractivity contribution >= 4 is 43.6 Å². The lowest BCUT2D eigenvalue weighted by molar-refractivity contribution is -0.122. The predicted octanol–water partition coefficient (Wildman–Crippen LogP) is 4.63. The van der Waals surface area contributed by atoms with Gasteiger partial charge in [0.1, 0.15) is 6.54 Å². The lowest BCUT2D eigenvalue weighted by Crippen LogP contribution is -2.36.